The van der Waals surface area contributed by atoms with Crippen molar-refractivity contribution in [2.24, 2.45) is 0 Å². The molecule has 0 aliphatic carbocycles. The van der Waals surface area contributed by atoms with Crippen LogP contribution < -0.4 is 4.90 Å². The molecule has 0 atom stereocenters. The van der Waals surface area contributed by atoms with Crippen molar-refractivity contribution < 1.29 is 4.79 Å². The molecule has 2 aromatic heterocycles. The number of hydrogen-bond acceptors (Lipinski definition) is 4. The highest BCUT2D eigenvalue weighted by Gasteiger charge is 2.19. The second-order valence-corrected chi connectivity index (χ2v) is 6.84. The minimum absolute atomic E-state index is 0.0649. The molecule has 3 aromatic rings. The maximum absolute atomic E-state index is 12.7. The van der Waals surface area contributed by atoms with E-state index in [1.807, 2.05) is 61.6 Å². The van der Waals surface area contributed by atoms with Crippen molar-refractivity contribution in [3.05, 3.63) is 48.4 Å². The molecule has 0 spiro atoms. The van der Waals surface area contributed by atoms with Gasteiger partial charge in [-0.25, -0.2) is 9.97 Å². The molecule has 0 saturated carbocycles. The van der Waals surface area contributed by atoms with E-state index in [1.165, 1.54) is 12.8 Å². The molecule has 1 amide bonds. The summed E-state index contributed by atoms with van der Waals surface area (Å²) in [6, 6.07) is 7.80. The van der Waals surface area contributed by atoms with Crippen LogP contribution in [0.15, 0.2) is 42.9 Å². The van der Waals surface area contributed by atoms with Crippen LogP contribution in [0.25, 0.3) is 16.9 Å². The van der Waals surface area contributed by atoms with Crippen LogP contribution in [0.1, 0.15) is 37.0 Å². The van der Waals surface area contributed by atoms with Crippen LogP contribution >= 0.6 is 0 Å². The Labute approximate surface area is 159 Å². The van der Waals surface area contributed by atoms with Crippen molar-refractivity contribution in [1.82, 2.24) is 19.3 Å². The van der Waals surface area contributed by atoms with Gasteiger partial charge in [-0.1, -0.05) is 12.1 Å². The highest BCUT2D eigenvalue weighted by Crippen LogP contribution is 2.27. The molecule has 6 nitrogen and oxygen atoms in total. The van der Waals surface area contributed by atoms with E-state index in [4.69, 9.17) is 0 Å². The molecule has 3 heterocycles. The maximum Gasteiger partial charge on any atom is 0.253 e. The van der Waals surface area contributed by atoms with Gasteiger partial charge < -0.3 is 9.80 Å². The lowest BCUT2D eigenvalue weighted by atomic mass is 10.1. The number of nitrogens with zero attached hydrogens (tertiary/aromatic N) is 5. The lowest BCUT2D eigenvalue weighted by Gasteiger charge is -2.19. The van der Waals surface area contributed by atoms with Crippen LogP contribution in [-0.2, 0) is 0 Å². The average molecular weight is 363 g/mol. The Bertz CT molecular complexity index is 954. The van der Waals surface area contributed by atoms with E-state index in [2.05, 4.69) is 19.3 Å². The molecule has 0 radical (unpaired) electrons. The number of hydrogen-bond donors (Lipinski definition) is 0. The van der Waals surface area contributed by atoms with Gasteiger partial charge in [-0.3, -0.25) is 9.20 Å². The molecule has 0 unspecified atom stereocenters. The fourth-order valence-electron chi connectivity index (χ4n) is 3.78. The molecular formula is C21H25N5O. The van der Waals surface area contributed by atoms with E-state index in [0.29, 0.717) is 18.7 Å². The summed E-state index contributed by atoms with van der Waals surface area (Å²) in [7, 11) is 0. The van der Waals surface area contributed by atoms with Crippen molar-refractivity contribution in [2.45, 2.75) is 26.7 Å². The first-order valence-corrected chi connectivity index (χ1v) is 9.69. The first kappa shape index (κ1) is 17.5. The summed E-state index contributed by atoms with van der Waals surface area (Å²) >= 11 is 0. The average Bonchev–Trinajstić information content (AvgIpc) is 3.38. The number of rotatable bonds is 5. The van der Waals surface area contributed by atoms with Crippen LogP contribution in [0.5, 0.6) is 0 Å². The van der Waals surface area contributed by atoms with Crippen LogP contribution in [0, 0.1) is 0 Å². The topological polar surface area (TPSA) is 53.7 Å². The van der Waals surface area contributed by atoms with E-state index >= 15 is 0 Å². The summed E-state index contributed by atoms with van der Waals surface area (Å²) in [5.41, 5.74) is 3.54. The Hall–Kier alpha value is -2.89. The van der Waals surface area contributed by atoms with Gasteiger partial charge in [0.15, 0.2) is 11.5 Å². The lowest BCUT2D eigenvalue weighted by molar-refractivity contribution is 0.0773. The molecule has 4 rings (SSSR count). The Morgan fingerprint density at radius 2 is 1.93 bits per heavy atom. The molecule has 1 aromatic carbocycles. The van der Waals surface area contributed by atoms with Gasteiger partial charge in [0.05, 0.1) is 11.9 Å². The Kier molecular flexibility index (Phi) is 4.79. The second kappa shape index (κ2) is 7.39. The summed E-state index contributed by atoms with van der Waals surface area (Å²) in [5, 5.41) is 0. The van der Waals surface area contributed by atoms with Crippen molar-refractivity contribution in [3.8, 4) is 11.3 Å². The highest BCUT2D eigenvalue weighted by molar-refractivity contribution is 5.95. The third-order valence-electron chi connectivity index (χ3n) is 5.27. The summed E-state index contributed by atoms with van der Waals surface area (Å²) in [4.78, 5) is 26.1. The number of carbonyl (C=O) groups is 1. The number of aromatic nitrogens is 3. The lowest BCUT2D eigenvalue weighted by Crippen LogP contribution is -2.30. The third-order valence-corrected chi connectivity index (χ3v) is 5.27. The first-order chi connectivity index (χ1) is 13.2. The minimum Gasteiger partial charge on any atom is -0.354 e. The largest absolute Gasteiger partial charge is 0.354 e. The monoisotopic (exact) mass is 363 g/mol. The number of fused-ring (bicyclic) bond motifs is 1. The smallest absolute Gasteiger partial charge is 0.253 e. The van der Waals surface area contributed by atoms with E-state index in [1.54, 1.807) is 0 Å². The quantitative estimate of drug-likeness (QED) is 0.696. The number of carbonyl (C=O) groups excluding carboxylic acids is 1. The standard InChI is InChI=1S/C21H25N5O/c1-3-24(4-2)21(27)17-9-7-8-16(14-17)18-15-23-20-19(22-10-13-26(18)20)25-11-5-6-12-25/h7-10,13-15H,3-6,11-12H2,1-2H3. The van der Waals surface area contributed by atoms with E-state index in [-0.39, 0.29) is 5.91 Å². The molecule has 0 N–H and O–H groups in total. The number of anilines is 1. The molecule has 6 heteroatoms. The molecule has 1 saturated heterocycles. The zero-order chi connectivity index (χ0) is 18.8. The minimum atomic E-state index is 0.0649. The SMILES string of the molecule is CCN(CC)C(=O)c1cccc(-c2cnc3c(N4CCCC4)nccn23)c1. The Morgan fingerprint density at radius 1 is 1.15 bits per heavy atom. The van der Waals surface area contributed by atoms with Crippen molar-refractivity contribution in [3.63, 3.8) is 0 Å². The van der Waals surface area contributed by atoms with Gasteiger partial charge in [-0.05, 0) is 38.8 Å². The third kappa shape index (κ3) is 3.16. The molecule has 1 fully saturated rings. The van der Waals surface area contributed by atoms with Crippen molar-refractivity contribution >= 4 is 17.4 Å². The van der Waals surface area contributed by atoms with Gasteiger partial charge in [0.1, 0.15) is 0 Å². The number of amides is 1. The van der Waals surface area contributed by atoms with E-state index < -0.39 is 0 Å². The molecular weight excluding hydrogens is 338 g/mol. The van der Waals surface area contributed by atoms with Gasteiger partial charge in [0.2, 0.25) is 0 Å². The second-order valence-electron chi connectivity index (χ2n) is 6.84. The highest BCUT2D eigenvalue weighted by atomic mass is 16.2. The summed E-state index contributed by atoms with van der Waals surface area (Å²) in [6.45, 7) is 7.48. The van der Waals surface area contributed by atoms with E-state index in [0.717, 1.165) is 35.8 Å². The maximum atomic E-state index is 12.7. The summed E-state index contributed by atoms with van der Waals surface area (Å²) in [6.07, 6.45) is 8.04. The van der Waals surface area contributed by atoms with Crippen LogP contribution in [-0.4, -0.2) is 51.4 Å². The van der Waals surface area contributed by atoms with Crippen LogP contribution in [0.2, 0.25) is 0 Å². The van der Waals surface area contributed by atoms with Crippen molar-refractivity contribution in [1.29, 1.82) is 0 Å². The summed E-state index contributed by atoms with van der Waals surface area (Å²) in [5.74, 6) is 1.01. The molecule has 1 aliphatic heterocycles. The Balaban J connectivity index is 1.74. The van der Waals surface area contributed by atoms with E-state index in [9.17, 15) is 4.79 Å². The predicted molar refractivity (Wildman–Crippen MR) is 107 cm³/mol. The first-order valence-electron chi connectivity index (χ1n) is 9.69. The molecule has 27 heavy (non-hydrogen) atoms. The van der Waals surface area contributed by atoms with Gasteiger partial charge in [0, 0.05) is 49.7 Å². The Morgan fingerprint density at radius 3 is 2.67 bits per heavy atom. The normalized spacial score (nSPS) is 14.1. The van der Waals surface area contributed by atoms with Crippen molar-refractivity contribution in [2.75, 3.05) is 31.1 Å². The molecule has 1 aliphatic rings. The van der Waals surface area contributed by atoms with Crippen LogP contribution in [0.3, 0.4) is 0 Å². The molecule has 140 valence electrons. The fourth-order valence-corrected chi connectivity index (χ4v) is 3.78. The van der Waals surface area contributed by atoms with Gasteiger partial charge in [-0.2, -0.15) is 0 Å². The zero-order valence-electron chi connectivity index (χ0n) is 15.9. The fraction of sp³-hybridized carbons (Fsp3) is 0.381. The summed E-state index contributed by atoms with van der Waals surface area (Å²) < 4.78 is 2.07. The predicted octanol–water partition coefficient (Wildman–Crippen LogP) is 3.48. The number of benzene rings is 1. The van der Waals surface area contributed by atoms with Gasteiger partial charge in [-0.15, -0.1) is 0 Å². The van der Waals surface area contributed by atoms with Gasteiger partial charge in [0.25, 0.3) is 5.91 Å². The number of imidazole rings is 1. The molecule has 0 bridgehead atoms. The van der Waals surface area contributed by atoms with Gasteiger partial charge >= 0.3 is 0 Å². The van der Waals surface area contributed by atoms with Crippen LogP contribution in [0.4, 0.5) is 5.82 Å². The zero-order valence-corrected chi connectivity index (χ0v) is 15.9.